The number of thiol groups is 1. The number of benzene rings is 2. The highest BCUT2D eigenvalue weighted by Gasteiger charge is 2.35. The number of anilines is 1. The lowest BCUT2D eigenvalue weighted by Gasteiger charge is -2.30. The second-order valence-electron chi connectivity index (χ2n) is 8.99. The molecular formula is C27H30F2N4O2S. The van der Waals surface area contributed by atoms with Gasteiger partial charge in [-0.2, -0.15) is 12.6 Å². The summed E-state index contributed by atoms with van der Waals surface area (Å²) in [5.74, 6) is -0.587. The van der Waals surface area contributed by atoms with E-state index in [1.165, 1.54) is 4.90 Å². The molecule has 2 atom stereocenters. The predicted octanol–water partition coefficient (Wildman–Crippen LogP) is 5.42. The number of aryl methyl sites for hydroxylation is 1. The molecule has 2 aromatic carbocycles. The first-order valence-electron chi connectivity index (χ1n) is 12.1. The molecule has 0 radical (unpaired) electrons. The van der Waals surface area contributed by atoms with E-state index in [1.807, 2.05) is 47.6 Å². The fourth-order valence-corrected chi connectivity index (χ4v) is 4.78. The Morgan fingerprint density at radius 2 is 1.89 bits per heavy atom. The minimum atomic E-state index is -0.607. The van der Waals surface area contributed by atoms with Crippen LogP contribution in [0.5, 0.6) is 0 Å². The third kappa shape index (κ3) is 6.72. The number of carbonyl (C=O) groups is 1. The molecule has 0 spiro atoms. The van der Waals surface area contributed by atoms with Crippen molar-refractivity contribution >= 4 is 24.7 Å². The maximum atomic E-state index is 14.5. The second-order valence-corrected chi connectivity index (χ2v) is 9.72. The van der Waals surface area contributed by atoms with Crippen LogP contribution in [0.25, 0.3) is 0 Å². The van der Waals surface area contributed by atoms with Gasteiger partial charge in [0.25, 0.3) is 0 Å². The number of halogens is 2. The van der Waals surface area contributed by atoms with Crippen molar-refractivity contribution in [3.05, 3.63) is 89.2 Å². The standard InChI is InChI=1S/C27H30F2N4O2S/c1-2-6-20-13-30-26(31-14-20)33-17-24(36)12-23(33)16-32(15-21-11-22(28)9-10-25(21)29)27(34)35-18-19-7-4-3-5-8-19/h3-5,7-11,13-14,23-24,36H,2,6,12,15-18H2,1H3/t23-,24+/m0/s1. The van der Waals surface area contributed by atoms with Gasteiger partial charge in [-0.3, -0.25) is 0 Å². The smallest absolute Gasteiger partial charge is 0.410 e. The van der Waals surface area contributed by atoms with Gasteiger partial charge in [0.1, 0.15) is 18.2 Å². The van der Waals surface area contributed by atoms with Crippen LogP contribution in [0.3, 0.4) is 0 Å². The van der Waals surface area contributed by atoms with Crippen LogP contribution in [0.1, 0.15) is 36.5 Å². The summed E-state index contributed by atoms with van der Waals surface area (Å²) in [6.07, 6.45) is 5.62. The summed E-state index contributed by atoms with van der Waals surface area (Å²) in [5.41, 5.74) is 1.98. The lowest BCUT2D eigenvalue weighted by atomic mass is 10.1. The Balaban J connectivity index is 1.54. The van der Waals surface area contributed by atoms with Crippen molar-refractivity contribution in [3.63, 3.8) is 0 Å². The SMILES string of the molecule is CCCc1cnc(N2C[C@H](S)C[C@H]2CN(Cc2cc(F)ccc2F)C(=O)OCc2ccccc2)nc1. The summed E-state index contributed by atoms with van der Waals surface area (Å²) >= 11 is 4.67. The van der Waals surface area contributed by atoms with Crippen LogP contribution in [-0.2, 0) is 24.3 Å². The first-order chi connectivity index (χ1) is 17.4. The summed E-state index contributed by atoms with van der Waals surface area (Å²) in [5, 5.41) is 0.0574. The molecule has 0 saturated carbocycles. The fourth-order valence-electron chi connectivity index (χ4n) is 4.36. The van der Waals surface area contributed by atoms with E-state index in [0.29, 0.717) is 18.9 Å². The number of aromatic nitrogens is 2. The zero-order valence-corrected chi connectivity index (χ0v) is 21.1. The van der Waals surface area contributed by atoms with Crippen LogP contribution in [-0.4, -0.2) is 45.3 Å². The van der Waals surface area contributed by atoms with Gasteiger partial charge < -0.3 is 14.5 Å². The average molecular weight is 513 g/mol. The van der Waals surface area contributed by atoms with Crippen molar-refractivity contribution in [2.45, 2.75) is 50.6 Å². The Morgan fingerprint density at radius 1 is 1.14 bits per heavy atom. The molecule has 0 N–H and O–H groups in total. The minimum Gasteiger partial charge on any atom is -0.445 e. The highest BCUT2D eigenvalue weighted by atomic mass is 32.1. The van der Waals surface area contributed by atoms with Gasteiger partial charge in [-0.15, -0.1) is 0 Å². The van der Waals surface area contributed by atoms with Gasteiger partial charge >= 0.3 is 6.09 Å². The second kappa shape index (κ2) is 12.2. The number of hydrogen-bond donors (Lipinski definition) is 1. The molecule has 1 aliphatic heterocycles. The molecule has 6 nitrogen and oxygen atoms in total. The van der Waals surface area contributed by atoms with Crippen LogP contribution in [0.2, 0.25) is 0 Å². The number of hydrogen-bond acceptors (Lipinski definition) is 6. The van der Waals surface area contributed by atoms with Gasteiger partial charge in [-0.1, -0.05) is 43.7 Å². The van der Waals surface area contributed by atoms with Crippen LogP contribution >= 0.6 is 12.6 Å². The van der Waals surface area contributed by atoms with Gasteiger partial charge in [0.2, 0.25) is 5.95 Å². The Kier molecular flexibility index (Phi) is 8.74. The molecule has 1 aromatic heterocycles. The zero-order chi connectivity index (χ0) is 25.5. The first kappa shape index (κ1) is 25.9. The lowest BCUT2D eigenvalue weighted by Crippen LogP contribution is -2.43. The average Bonchev–Trinajstić information content (AvgIpc) is 3.25. The van der Waals surface area contributed by atoms with Crippen molar-refractivity contribution in [1.82, 2.24) is 14.9 Å². The monoisotopic (exact) mass is 512 g/mol. The van der Waals surface area contributed by atoms with E-state index in [4.69, 9.17) is 4.74 Å². The molecule has 3 aromatic rings. The van der Waals surface area contributed by atoms with E-state index in [-0.39, 0.29) is 36.6 Å². The molecule has 0 unspecified atom stereocenters. The topological polar surface area (TPSA) is 58.6 Å². The molecule has 0 aliphatic carbocycles. The van der Waals surface area contributed by atoms with Crippen LogP contribution in [0, 0.1) is 11.6 Å². The molecule has 4 rings (SSSR count). The van der Waals surface area contributed by atoms with Crippen molar-refractivity contribution in [2.24, 2.45) is 0 Å². The zero-order valence-electron chi connectivity index (χ0n) is 20.2. The summed E-state index contributed by atoms with van der Waals surface area (Å²) in [6.45, 7) is 2.88. The highest BCUT2D eigenvalue weighted by Crippen LogP contribution is 2.27. The summed E-state index contributed by atoms with van der Waals surface area (Å²) in [7, 11) is 0. The van der Waals surface area contributed by atoms with Crippen LogP contribution < -0.4 is 4.90 Å². The number of ether oxygens (including phenoxy) is 1. The van der Waals surface area contributed by atoms with Gasteiger partial charge in [-0.25, -0.2) is 23.5 Å². The van der Waals surface area contributed by atoms with E-state index in [9.17, 15) is 13.6 Å². The molecule has 1 fully saturated rings. The summed E-state index contributed by atoms with van der Waals surface area (Å²) in [6, 6.07) is 12.4. The molecule has 0 bridgehead atoms. The quantitative estimate of drug-likeness (QED) is 0.388. The van der Waals surface area contributed by atoms with E-state index < -0.39 is 17.7 Å². The normalized spacial score (nSPS) is 17.3. The Morgan fingerprint density at radius 3 is 2.61 bits per heavy atom. The third-order valence-corrected chi connectivity index (χ3v) is 6.52. The van der Waals surface area contributed by atoms with Crippen molar-refractivity contribution in [2.75, 3.05) is 18.0 Å². The predicted molar refractivity (Wildman–Crippen MR) is 138 cm³/mol. The minimum absolute atomic E-state index is 0.0574. The number of rotatable bonds is 9. The summed E-state index contributed by atoms with van der Waals surface area (Å²) < 4.78 is 33.9. The largest absolute Gasteiger partial charge is 0.445 e. The Labute approximate surface area is 215 Å². The maximum absolute atomic E-state index is 14.5. The van der Waals surface area contributed by atoms with E-state index in [0.717, 1.165) is 42.2 Å². The molecule has 1 aliphatic rings. The number of amides is 1. The summed E-state index contributed by atoms with van der Waals surface area (Å²) in [4.78, 5) is 25.7. The lowest BCUT2D eigenvalue weighted by molar-refractivity contribution is 0.0910. The molecule has 9 heteroatoms. The molecule has 36 heavy (non-hydrogen) atoms. The Hall–Kier alpha value is -3.20. The molecular weight excluding hydrogens is 482 g/mol. The molecule has 2 heterocycles. The number of nitrogens with zero attached hydrogens (tertiary/aromatic N) is 4. The van der Waals surface area contributed by atoms with Crippen molar-refractivity contribution < 1.29 is 18.3 Å². The molecule has 1 amide bonds. The van der Waals surface area contributed by atoms with Gasteiger partial charge in [-0.05, 0) is 42.2 Å². The van der Waals surface area contributed by atoms with Crippen molar-refractivity contribution in [3.8, 4) is 0 Å². The van der Waals surface area contributed by atoms with Crippen LogP contribution in [0.15, 0.2) is 60.9 Å². The molecule has 190 valence electrons. The van der Waals surface area contributed by atoms with Gasteiger partial charge in [0, 0.05) is 36.3 Å². The first-order valence-corrected chi connectivity index (χ1v) is 12.6. The number of carbonyl (C=O) groups excluding carboxylic acids is 1. The third-order valence-electron chi connectivity index (χ3n) is 6.14. The highest BCUT2D eigenvalue weighted by molar-refractivity contribution is 7.81. The maximum Gasteiger partial charge on any atom is 0.410 e. The van der Waals surface area contributed by atoms with E-state index in [1.54, 1.807) is 0 Å². The van der Waals surface area contributed by atoms with E-state index in [2.05, 4.69) is 29.5 Å². The van der Waals surface area contributed by atoms with Gasteiger partial charge in [0.05, 0.1) is 12.6 Å². The van der Waals surface area contributed by atoms with Gasteiger partial charge in [0.15, 0.2) is 0 Å². The molecule has 1 saturated heterocycles. The van der Waals surface area contributed by atoms with Crippen molar-refractivity contribution in [1.29, 1.82) is 0 Å². The van der Waals surface area contributed by atoms with Crippen LogP contribution in [0.4, 0.5) is 19.5 Å². The Bertz CT molecular complexity index is 1150. The fraction of sp³-hybridized carbons (Fsp3) is 0.370. The van der Waals surface area contributed by atoms with E-state index >= 15 is 0 Å².